The van der Waals surface area contributed by atoms with Crippen LogP contribution in [-0.4, -0.2) is 23.1 Å². The van der Waals surface area contributed by atoms with Crippen molar-refractivity contribution in [1.29, 1.82) is 0 Å². The summed E-state index contributed by atoms with van der Waals surface area (Å²) in [5, 5.41) is 3.51. The molecule has 3 heteroatoms. The zero-order valence-electron chi connectivity index (χ0n) is 13.7. The van der Waals surface area contributed by atoms with Crippen molar-refractivity contribution in [3.8, 4) is 0 Å². The number of pyridine rings is 1. The number of nitrogens with zero attached hydrogens (tertiary/aromatic N) is 2. The first-order chi connectivity index (χ1) is 9.42. The Bertz CT molecular complexity index is 452. The molecule has 2 rings (SSSR count). The van der Waals surface area contributed by atoms with E-state index < -0.39 is 0 Å². The first-order valence-corrected chi connectivity index (χ1v) is 7.93. The summed E-state index contributed by atoms with van der Waals surface area (Å²) in [5.41, 5.74) is 2.79. The molecule has 0 aliphatic carbocycles. The number of hydrogen-bond acceptors (Lipinski definition) is 3. The molecule has 0 atom stereocenters. The molecule has 3 nitrogen and oxygen atoms in total. The van der Waals surface area contributed by atoms with Crippen LogP contribution in [0.1, 0.15) is 58.7 Å². The van der Waals surface area contributed by atoms with Crippen LogP contribution in [0, 0.1) is 0 Å². The van der Waals surface area contributed by atoms with Crippen molar-refractivity contribution in [1.82, 2.24) is 10.3 Å². The van der Waals surface area contributed by atoms with Gasteiger partial charge in [-0.3, -0.25) is 0 Å². The Kier molecular flexibility index (Phi) is 4.69. The summed E-state index contributed by atoms with van der Waals surface area (Å²) in [6.07, 6.45) is 3.52. The van der Waals surface area contributed by atoms with Crippen molar-refractivity contribution in [2.24, 2.45) is 0 Å². The van der Waals surface area contributed by atoms with Gasteiger partial charge in [-0.1, -0.05) is 20.8 Å². The normalized spacial score (nSPS) is 18.0. The van der Waals surface area contributed by atoms with Gasteiger partial charge in [-0.2, -0.15) is 0 Å². The summed E-state index contributed by atoms with van der Waals surface area (Å²) in [6.45, 7) is 13.3. The monoisotopic (exact) mass is 275 g/mol. The van der Waals surface area contributed by atoms with Gasteiger partial charge in [0.15, 0.2) is 0 Å². The standard InChI is InChI=1S/C17H29N3/c1-6-15-10-14(12-18-13(2)3)11-16(19-15)20-9-7-8-17(20,4)5/h10-11,13,18H,6-9,12H2,1-5H3. The van der Waals surface area contributed by atoms with Gasteiger partial charge in [0.25, 0.3) is 0 Å². The third kappa shape index (κ3) is 3.51. The van der Waals surface area contributed by atoms with Gasteiger partial charge in [-0.25, -0.2) is 4.98 Å². The van der Waals surface area contributed by atoms with Crippen molar-refractivity contribution < 1.29 is 0 Å². The molecule has 1 N–H and O–H groups in total. The molecule has 0 amide bonds. The number of rotatable bonds is 5. The minimum atomic E-state index is 0.238. The average Bonchev–Trinajstić information content (AvgIpc) is 2.75. The number of nitrogens with one attached hydrogen (secondary N) is 1. The summed E-state index contributed by atoms with van der Waals surface area (Å²) in [5.74, 6) is 1.16. The van der Waals surface area contributed by atoms with Crippen LogP contribution in [0.25, 0.3) is 0 Å². The molecule has 1 aromatic heterocycles. The predicted octanol–water partition coefficient (Wildman–Crippen LogP) is 3.52. The lowest BCUT2D eigenvalue weighted by Crippen LogP contribution is -2.39. The fraction of sp³-hybridized carbons (Fsp3) is 0.706. The van der Waals surface area contributed by atoms with Crippen molar-refractivity contribution in [3.05, 3.63) is 23.4 Å². The second kappa shape index (κ2) is 6.13. The van der Waals surface area contributed by atoms with Gasteiger partial charge < -0.3 is 10.2 Å². The molecule has 20 heavy (non-hydrogen) atoms. The van der Waals surface area contributed by atoms with Gasteiger partial charge in [0.05, 0.1) is 0 Å². The van der Waals surface area contributed by atoms with Gasteiger partial charge in [0.2, 0.25) is 0 Å². The summed E-state index contributed by atoms with van der Waals surface area (Å²) >= 11 is 0. The van der Waals surface area contributed by atoms with Crippen molar-refractivity contribution in [2.75, 3.05) is 11.4 Å². The van der Waals surface area contributed by atoms with E-state index in [4.69, 9.17) is 4.98 Å². The number of hydrogen-bond donors (Lipinski definition) is 1. The smallest absolute Gasteiger partial charge is 0.129 e. The minimum absolute atomic E-state index is 0.238. The highest BCUT2D eigenvalue weighted by Gasteiger charge is 2.32. The Morgan fingerprint density at radius 3 is 2.65 bits per heavy atom. The lowest BCUT2D eigenvalue weighted by molar-refractivity contribution is 0.513. The van der Waals surface area contributed by atoms with Gasteiger partial charge >= 0.3 is 0 Å². The molecule has 0 radical (unpaired) electrons. The molecule has 0 unspecified atom stereocenters. The molecule has 1 aliphatic heterocycles. The van der Waals surface area contributed by atoms with E-state index >= 15 is 0 Å². The molecule has 0 spiro atoms. The van der Waals surface area contributed by atoms with E-state index in [1.54, 1.807) is 0 Å². The van der Waals surface area contributed by atoms with E-state index in [0.29, 0.717) is 6.04 Å². The molecular weight excluding hydrogens is 246 g/mol. The van der Waals surface area contributed by atoms with Crippen LogP contribution < -0.4 is 10.2 Å². The average molecular weight is 275 g/mol. The molecule has 1 fully saturated rings. The summed E-state index contributed by atoms with van der Waals surface area (Å²) in [4.78, 5) is 7.33. The van der Waals surface area contributed by atoms with E-state index in [2.05, 4.69) is 57.0 Å². The maximum Gasteiger partial charge on any atom is 0.129 e. The van der Waals surface area contributed by atoms with Crippen LogP contribution in [0.4, 0.5) is 5.82 Å². The van der Waals surface area contributed by atoms with E-state index in [1.165, 1.54) is 24.1 Å². The minimum Gasteiger partial charge on any atom is -0.351 e. The van der Waals surface area contributed by atoms with Gasteiger partial charge in [0.1, 0.15) is 5.82 Å². The molecule has 1 aromatic rings. The second-order valence-corrected chi connectivity index (χ2v) is 6.78. The van der Waals surface area contributed by atoms with Gasteiger partial charge in [-0.05, 0) is 50.8 Å². The Labute approximate surface area is 123 Å². The summed E-state index contributed by atoms with van der Waals surface area (Å²) in [7, 11) is 0. The SMILES string of the molecule is CCc1cc(CNC(C)C)cc(N2CCCC2(C)C)n1. The molecule has 0 bridgehead atoms. The van der Waals surface area contributed by atoms with Crippen molar-refractivity contribution in [3.63, 3.8) is 0 Å². The first kappa shape index (κ1) is 15.3. The molecule has 1 aliphatic rings. The molecule has 2 heterocycles. The fourth-order valence-corrected chi connectivity index (χ4v) is 2.91. The number of anilines is 1. The van der Waals surface area contributed by atoms with Crippen molar-refractivity contribution in [2.45, 2.75) is 72.0 Å². The molecule has 112 valence electrons. The predicted molar refractivity (Wildman–Crippen MR) is 86.2 cm³/mol. The molecule has 1 saturated heterocycles. The number of aryl methyl sites for hydroxylation is 1. The van der Waals surface area contributed by atoms with Gasteiger partial charge in [0, 0.05) is 30.4 Å². The zero-order chi connectivity index (χ0) is 14.8. The lowest BCUT2D eigenvalue weighted by atomic mass is 10.0. The largest absolute Gasteiger partial charge is 0.351 e. The zero-order valence-corrected chi connectivity index (χ0v) is 13.7. The van der Waals surface area contributed by atoms with Crippen LogP contribution in [0.2, 0.25) is 0 Å². The van der Waals surface area contributed by atoms with Crippen molar-refractivity contribution >= 4 is 5.82 Å². The second-order valence-electron chi connectivity index (χ2n) is 6.78. The maximum absolute atomic E-state index is 4.85. The van der Waals surface area contributed by atoms with Gasteiger partial charge in [-0.15, -0.1) is 0 Å². The number of aromatic nitrogens is 1. The fourth-order valence-electron chi connectivity index (χ4n) is 2.91. The van der Waals surface area contributed by atoms with E-state index in [0.717, 1.165) is 25.3 Å². The Hall–Kier alpha value is -1.09. The quantitative estimate of drug-likeness (QED) is 0.891. The van der Waals surface area contributed by atoms with Crippen LogP contribution >= 0.6 is 0 Å². The van der Waals surface area contributed by atoms with E-state index in [-0.39, 0.29) is 5.54 Å². The van der Waals surface area contributed by atoms with Crippen LogP contribution in [0.15, 0.2) is 12.1 Å². The Morgan fingerprint density at radius 1 is 1.35 bits per heavy atom. The first-order valence-electron chi connectivity index (χ1n) is 7.93. The summed E-state index contributed by atoms with van der Waals surface area (Å²) < 4.78 is 0. The highest BCUT2D eigenvalue weighted by molar-refractivity contribution is 5.46. The van der Waals surface area contributed by atoms with Crippen LogP contribution in [0.5, 0.6) is 0 Å². The summed E-state index contributed by atoms with van der Waals surface area (Å²) in [6, 6.07) is 5.02. The molecular formula is C17H29N3. The maximum atomic E-state index is 4.85. The highest BCUT2D eigenvalue weighted by Crippen LogP contribution is 2.33. The topological polar surface area (TPSA) is 28.2 Å². The highest BCUT2D eigenvalue weighted by atomic mass is 15.3. The Morgan fingerprint density at radius 2 is 2.10 bits per heavy atom. The van der Waals surface area contributed by atoms with E-state index in [1.807, 2.05) is 0 Å². The van der Waals surface area contributed by atoms with Crippen LogP contribution in [0.3, 0.4) is 0 Å². The van der Waals surface area contributed by atoms with E-state index in [9.17, 15) is 0 Å². The Balaban J connectivity index is 2.26. The third-order valence-electron chi connectivity index (χ3n) is 4.18. The third-order valence-corrected chi connectivity index (χ3v) is 4.18. The van der Waals surface area contributed by atoms with Crippen LogP contribution in [-0.2, 0) is 13.0 Å². The molecule has 0 saturated carbocycles. The lowest BCUT2D eigenvalue weighted by Gasteiger charge is -2.33. The molecule has 0 aromatic carbocycles.